The molecule has 0 amide bonds. The summed E-state index contributed by atoms with van der Waals surface area (Å²) in [5.41, 5.74) is 2.37. The normalized spacial score (nSPS) is 12.8. The first-order valence-electron chi connectivity index (χ1n) is 7.58. The van der Waals surface area contributed by atoms with E-state index in [-0.39, 0.29) is 0 Å². The molecule has 1 rings (SSSR count). The Hall–Kier alpha value is -0.970. The van der Waals surface area contributed by atoms with Crippen molar-refractivity contribution in [2.75, 3.05) is 26.8 Å². The molecule has 0 aliphatic heterocycles. The van der Waals surface area contributed by atoms with Gasteiger partial charge in [0, 0.05) is 32.4 Å². The maximum Gasteiger partial charge on any atom is 0.0615 e. The van der Waals surface area contributed by atoms with Crippen LogP contribution in [-0.4, -0.2) is 42.7 Å². The molecule has 0 aromatic carbocycles. The Balaban J connectivity index is 2.50. The van der Waals surface area contributed by atoms with Crippen LogP contribution in [0.4, 0.5) is 0 Å². The van der Waals surface area contributed by atoms with Crippen LogP contribution in [0.1, 0.15) is 38.4 Å². The quantitative estimate of drug-likeness (QED) is 0.668. The highest BCUT2D eigenvalue weighted by molar-refractivity contribution is 5.14. The SMILES string of the molecule is CCCNCc1ccc(CN(CC)C(C)COC)nc1. The first-order valence-corrected chi connectivity index (χ1v) is 7.58. The van der Waals surface area contributed by atoms with Gasteiger partial charge >= 0.3 is 0 Å². The van der Waals surface area contributed by atoms with Crippen molar-refractivity contribution in [2.45, 2.75) is 46.3 Å². The Morgan fingerprint density at radius 3 is 2.70 bits per heavy atom. The molecule has 1 atom stereocenters. The molecule has 0 aliphatic rings. The van der Waals surface area contributed by atoms with E-state index < -0.39 is 0 Å². The molecule has 0 radical (unpaired) electrons. The van der Waals surface area contributed by atoms with Crippen molar-refractivity contribution < 1.29 is 4.74 Å². The molecule has 1 aromatic heterocycles. The number of hydrogen-bond acceptors (Lipinski definition) is 4. The van der Waals surface area contributed by atoms with Crippen molar-refractivity contribution in [1.29, 1.82) is 0 Å². The molecule has 4 nitrogen and oxygen atoms in total. The number of rotatable bonds is 10. The maximum absolute atomic E-state index is 5.23. The van der Waals surface area contributed by atoms with Crippen LogP contribution in [0.3, 0.4) is 0 Å². The summed E-state index contributed by atoms with van der Waals surface area (Å²) < 4.78 is 5.23. The van der Waals surface area contributed by atoms with Gasteiger partial charge < -0.3 is 10.1 Å². The van der Waals surface area contributed by atoms with E-state index in [9.17, 15) is 0 Å². The van der Waals surface area contributed by atoms with Gasteiger partial charge in [-0.2, -0.15) is 0 Å². The van der Waals surface area contributed by atoms with Crippen molar-refractivity contribution in [3.63, 3.8) is 0 Å². The summed E-state index contributed by atoms with van der Waals surface area (Å²) in [4.78, 5) is 6.94. The first kappa shape index (κ1) is 17.1. The molecule has 0 saturated carbocycles. The van der Waals surface area contributed by atoms with Gasteiger partial charge in [-0.1, -0.05) is 19.9 Å². The summed E-state index contributed by atoms with van der Waals surface area (Å²) in [6.07, 6.45) is 3.14. The lowest BCUT2D eigenvalue weighted by atomic mass is 10.2. The van der Waals surface area contributed by atoms with Crippen molar-refractivity contribution in [3.05, 3.63) is 29.6 Å². The molecule has 114 valence electrons. The average Bonchev–Trinajstić information content (AvgIpc) is 2.46. The molecule has 0 aliphatic carbocycles. The van der Waals surface area contributed by atoms with Crippen LogP contribution in [-0.2, 0) is 17.8 Å². The molecule has 20 heavy (non-hydrogen) atoms. The standard InChI is InChI=1S/C16H29N3O/c1-5-9-17-10-15-7-8-16(18-11-15)12-19(6-2)14(3)13-20-4/h7-8,11,14,17H,5-6,9-10,12-13H2,1-4H3. The lowest BCUT2D eigenvalue weighted by Gasteiger charge is -2.26. The Morgan fingerprint density at radius 2 is 2.15 bits per heavy atom. The van der Waals surface area contributed by atoms with Crippen LogP contribution in [0.5, 0.6) is 0 Å². The molecule has 0 saturated heterocycles. The van der Waals surface area contributed by atoms with E-state index in [0.29, 0.717) is 6.04 Å². The van der Waals surface area contributed by atoms with Crippen LogP contribution >= 0.6 is 0 Å². The van der Waals surface area contributed by atoms with Crippen molar-refractivity contribution in [1.82, 2.24) is 15.2 Å². The lowest BCUT2D eigenvalue weighted by molar-refractivity contribution is 0.0974. The minimum Gasteiger partial charge on any atom is -0.383 e. The van der Waals surface area contributed by atoms with E-state index >= 15 is 0 Å². The molecule has 0 bridgehead atoms. The van der Waals surface area contributed by atoms with Gasteiger partial charge in [0.1, 0.15) is 0 Å². The molecule has 0 fully saturated rings. The first-order chi connectivity index (χ1) is 9.71. The molecule has 1 aromatic rings. The Bertz CT molecular complexity index is 353. The minimum atomic E-state index is 0.415. The van der Waals surface area contributed by atoms with E-state index in [0.717, 1.165) is 44.9 Å². The number of likely N-dealkylation sites (N-methyl/N-ethyl adjacent to an activating group) is 1. The average molecular weight is 279 g/mol. The monoisotopic (exact) mass is 279 g/mol. The summed E-state index contributed by atoms with van der Waals surface area (Å²) in [7, 11) is 1.75. The molecule has 4 heteroatoms. The second kappa shape index (κ2) is 9.86. The number of aromatic nitrogens is 1. The predicted molar refractivity (Wildman–Crippen MR) is 83.7 cm³/mol. The highest BCUT2D eigenvalue weighted by Gasteiger charge is 2.12. The van der Waals surface area contributed by atoms with Gasteiger partial charge in [0.05, 0.1) is 12.3 Å². The van der Waals surface area contributed by atoms with E-state index in [1.165, 1.54) is 5.56 Å². The van der Waals surface area contributed by atoms with Crippen molar-refractivity contribution in [2.24, 2.45) is 0 Å². The fraction of sp³-hybridized carbons (Fsp3) is 0.688. The molecule has 1 heterocycles. The predicted octanol–water partition coefficient (Wildman–Crippen LogP) is 2.44. The Morgan fingerprint density at radius 1 is 1.35 bits per heavy atom. The van der Waals surface area contributed by atoms with E-state index in [1.807, 2.05) is 6.20 Å². The van der Waals surface area contributed by atoms with E-state index in [1.54, 1.807) is 7.11 Å². The Labute approximate surface area is 123 Å². The fourth-order valence-electron chi connectivity index (χ4n) is 2.20. The topological polar surface area (TPSA) is 37.4 Å². The lowest BCUT2D eigenvalue weighted by Crippen LogP contribution is -2.35. The van der Waals surface area contributed by atoms with Crippen molar-refractivity contribution in [3.8, 4) is 0 Å². The van der Waals surface area contributed by atoms with Gasteiger partial charge in [-0.15, -0.1) is 0 Å². The number of methoxy groups -OCH3 is 1. The fourth-order valence-corrected chi connectivity index (χ4v) is 2.20. The second-order valence-corrected chi connectivity index (χ2v) is 5.20. The van der Waals surface area contributed by atoms with Crippen LogP contribution in [0.15, 0.2) is 18.3 Å². The van der Waals surface area contributed by atoms with Gasteiger partial charge in [0.2, 0.25) is 0 Å². The molecule has 1 unspecified atom stereocenters. The smallest absolute Gasteiger partial charge is 0.0615 e. The van der Waals surface area contributed by atoms with Crippen LogP contribution in [0.25, 0.3) is 0 Å². The second-order valence-electron chi connectivity index (χ2n) is 5.20. The maximum atomic E-state index is 5.23. The van der Waals surface area contributed by atoms with Gasteiger partial charge in [-0.25, -0.2) is 0 Å². The van der Waals surface area contributed by atoms with Gasteiger partial charge in [-0.05, 0) is 38.1 Å². The molecule has 0 spiro atoms. The number of pyridine rings is 1. The summed E-state index contributed by atoms with van der Waals surface area (Å²) in [5.74, 6) is 0. The molecular formula is C16H29N3O. The zero-order chi connectivity index (χ0) is 14.8. The zero-order valence-corrected chi connectivity index (χ0v) is 13.4. The summed E-state index contributed by atoms with van der Waals surface area (Å²) in [6.45, 7) is 11.1. The largest absolute Gasteiger partial charge is 0.383 e. The molecular weight excluding hydrogens is 250 g/mol. The van der Waals surface area contributed by atoms with Crippen LogP contribution in [0, 0.1) is 0 Å². The zero-order valence-electron chi connectivity index (χ0n) is 13.4. The van der Waals surface area contributed by atoms with Crippen molar-refractivity contribution >= 4 is 0 Å². The third-order valence-corrected chi connectivity index (χ3v) is 3.44. The van der Waals surface area contributed by atoms with E-state index in [4.69, 9.17) is 4.74 Å². The van der Waals surface area contributed by atoms with Crippen LogP contribution in [0.2, 0.25) is 0 Å². The van der Waals surface area contributed by atoms with Gasteiger partial charge in [0.25, 0.3) is 0 Å². The van der Waals surface area contributed by atoms with Crippen LogP contribution < -0.4 is 5.32 Å². The number of nitrogens with one attached hydrogen (secondary N) is 1. The highest BCUT2D eigenvalue weighted by atomic mass is 16.5. The van der Waals surface area contributed by atoms with E-state index in [2.05, 4.69) is 48.1 Å². The number of hydrogen-bond donors (Lipinski definition) is 1. The number of ether oxygens (including phenoxy) is 1. The molecule has 1 N–H and O–H groups in total. The third kappa shape index (κ3) is 5.99. The highest BCUT2D eigenvalue weighted by Crippen LogP contribution is 2.07. The summed E-state index contributed by atoms with van der Waals surface area (Å²) >= 11 is 0. The van der Waals surface area contributed by atoms with Gasteiger partial charge in [0.15, 0.2) is 0 Å². The number of nitrogens with zero attached hydrogens (tertiary/aromatic N) is 2. The minimum absolute atomic E-state index is 0.415. The summed E-state index contributed by atoms with van der Waals surface area (Å²) in [6, 6.07) is 4.71. The Kier molecular flexibility index (Phi) is 8.42. The third-order valence-electron chi connectivity index (χ3n) is 3.44. The summed E-state index contributed by atoms with van der Waals surface area (Å²) in [5, 5.41) is 3.39. The van der Waals surface area contributed by atoms with Gasteiger partial charge in [-0.3, -0.25) is 9.88 Å².